The number of nitrogens with zero attached hydrogens (tertiary/aromatic N) is 2. The van der Waals surface area contributed by atoms with Gasteiger partial charge in [-0.3, -0.25) is 4.79 Å². The lowest BCUT2D eigenvalue weighted by Crippen LogP contribution is -2.22. The summed E-state index contributed by atoms with van der Waals surface area (Å²) in [5.41, 5.74) is 2.06. The molecule has 0 aliphatic carbocycles. The average molecular weight is 382 g/mol. The summed E-state index contributed by atoms with van der Waals surface area (Å²) in [7, 11) is 3.49. The number of benzene rings is 2. The third-order valence-corrected chi connectivity index (χ3v) is 5.47. The molecule has 0 aliphatic rings. The van der Waals surface area contributed by atoms with Gasteiger partial charge in [-0.1, -0.05) is 35.9 Å². The van der Waals surface area contributed by atoms with Gasteiger partial charge in [-0.05, 0) is 29.6 Å². The monoisotopic (exact) mass is 381 g/mol. The molecule has 0 fully saturated rings. The lowest BCUT2D eigenvalue weighted by atomic mass is 10.1. The van der Waals surface area contributed by atoms with Gasteiger partial charge in [-0.2, -0.15) is 0 Å². The lowest BCUT2D eigenvalue weighted by molar-refractivity contribution is 0.0829. The van der Waals surface area contributed by atoms with E-state index in [2.05, 4.69) is 5.32 Å². The molecular weight excluding hydrogens is 366 g/mol. The van der Waals surface area contributed by atoms with Crippen molar-refractivity contribution in [3.05, 3.63) is 64.5 Å². The number of aromatic nitrogens is 1. The zero-order chi connectivity index (χ0) is 18.3. The number of amides is 1. The summed E-state index contributed by atoms with van der Waals surface area (Å²) in [5, 5.41) is 7.97. The largest absolute Gasteiger partial charge is 0.345 e. The summed E-state index contributed by atoms with van der Waals surface area (Å²) in [6.07, 6.45) is 0. The molecule has 2 aromatic carbocycles. The fraction of sp³-hybridized carbons (Fsp3) is 0.100. The number of pyridine rings is 1. The Labute approximate surface area is 160 Å². The number of nitrogens with one attached hydrogen (secondary N) is 1. The van der Waals surface area contributed by atoms with Crippen molar-refractivity contribution in [2.24, 2.45) is 0 Å². The molecule has 0 bridgehead atoms. The van der Waals surface area contributed by atoms with Crippen molar-refractivity contribution >= 4 is 61.3 Å². The molecule has 0 spiro atoms. The second-order valence-corrected chi connectivity index (χ2v) is 7.45. The first-order valence-corrected chi connectivity index (χ1v) is 9.35. The molecule has 2 heterocycles. The van der Waals surface area contributed by atoms with Crippen LogP contribution in [0.4, 0.5) is 11.5 Å². The molecule has 130 valence electrons. The fourth-order valence-corrected chi connectivity index (χ4v) is 4.03. The highest BCUT2D eigenvalue weighted by molar-refractivity contribution is 7.18. The minimum Gasteiger partial charge on any atom is -0.345 e. The number of carbonyl (C=O) groups is 1. The number of carbonyl (C=O) groups excluding carboxylic acids is 1. The molecule has 26 heavy (non-hydrogen) atoms. The topological polar surface area (TPSA) is 45.2 Å². The minimum atomic E-state index is -0.0669. The summed E-state index contributed by atoms with van der Waals surface area (Å²) in [6.45, 7) is 0. The van der Waals surface area contributed by atoms with E-state index >= 15 is 0 Å². The first-order valence-electron chi connectivity index (χ1n) is 8.09. The smallest absolute Gasteiger partial charge is 0.255 e. The van der Waals surface area contributed by atoms with Gasteiger partial charge in [-0.15, -0.1) is 11.3 Å². The Balaban J connectivity index is 1.97. The van der Waals surface area contributed by atoms with Crippen LogP contribution in [0.25, 0.3) is 21.0 Å². The van der Waals surface area contributed by atoms with Crippen LogP contribution in [-0.4, -0.2) is 29.9 Å². The van der Waals surface area contributed by atoms with E-state index in [0.29, 0.717) is 21.9 Å². The number of fused-ring (bicyclic) bond motifs is 3. The Bertz CT molecular complexity index is 1140. The number of anilines is 2. The molecule has 0 saturated heterocycles. The lowest BCUT2D eigenvalue weighted by Gasteiger charge is -2.14. The van der Waals surface area contributed by atoms with Gasteiger partial charge >= 0.3 is 0 Å². The number of hydrogen-bond acceptors (Lipinski definition) is 4. The maximum atomic E-state index is 12.6. The predicted octanol–water partition coefficient (Wildman–Crippen LogP) is 5.55. The van der Waals surface area contributed by atoms with Crippen molar-refractivity contribution in [1.29, 1.82) is 0 Å². The van der Waals surface area contributed by atoms with Crippen LogP contribution in [0.3, 0.4) is 0 Å². The van der Waals surface area contributed by atoms with Crippen LogP contribution >= 0.6 is 22.9 Å². The molecule has 1 N–H and O–H groups in total. The molecule has 0 saturated carbocycles. The van der Waals surface area contributed by atoms with Gasteiger partial charge in [-0.25, -0.2) is 4.98 Å². The van der Waals surface area contributed by atoms with Gasteiger partial charge in [0.15, 0.2) is 0 Å². The van der Waals surface area contributed by atoms with E-state index in [1.54, 1.807) is 30.3 Å². The van der Waals surface area contributed by atoms with Crippen molar-refractivity contribution < 1.29 is 4.79 Å². The summed E-state index contributed by atoms with van der Waals surface area (Å²) in [5.74, 6) is 0.628. The Kier molecular flexibility index (Phi) is 4.26. The number of para-hydroxylation sites is 2. The molecule has 4 rings (SSSR count). The second kappa shape index (κ2) is 6.59. The molecule has 1 amide bonds. The van der Waals surface area contributed by atoms with Crippen LogP contribution in [0.2, 0.25) is 5.02 Å². The Morgan fingerprint density at radius 3 is 2.65 bits per heavy atom. The van der Waals surface area contributed by atoms with E-state index in [4.69, 9.17) is 16.6 Å². The molecular formula is C20H16ClN3OS. The molecule has 0 radical (unpaired) electrons. The summed E-state index contributed by atoms with van der Waals surface area (Å²) < 4.78 is 1.10. The summed E-state index contributed by atoms with van der Waals surface area (Å²) in [4.78, 5) is 19.0. The van der Waals surface area contributed by atoms with Gasteiger partial charge in [0.1, 0.15) is 5.82 Å². The Morgan fingerprint density at radius 2 is 1.88 bits per heavy atom. The predicted molar refractivity (Wildman–Crippen MR) is 110 cm³/mol. The van der Waals surface area contributed by atoms with Crippen LogP contribution in [0, 0.1) is 0 Å². The molecule has 0 unspecified atom stereocenters. The van der Waals surface area contributed by atoms with Crippen molar-refractivity contribution in [2.45, 2.75) is 0 Å². The zero-order valence-electron chi connectivity index (χ0n) is 14.3. The first-order chi connectivity index (χ1) is 12.6. The van der Waals surface area contributed by atoms with Crippen molar-refractivity contribution in [1.82, 2.24) is 9.88 Å². The summed E-state index contributed by atoms with van der Waals surface area (Å²) >= 11 is 7.93. The van der Waals surface area contributed by atoms with Crippen molar-refractivity contribution in [3.63, 3.8) is 0 Å². The SMILES string of the molecule is CN(C)C(=O)c1cccc2c1nc(Nc1ccccc1Cl)c1ccsc12. The molecule has 0 aliphatic heterocycles. The number of halogens is 1. The van der Waals surface area contributed by atoms with Gasteiger partial charge < -0.3 is 10.2 Å². The van der Waals surface area contributed by atoms with E-state index in [-0.39, 0.29) is 5.91 Å². The van der Waals surface area contributed by atoms with Gasteiger partial charge in [0.05, 0.1) is 21.8 Å². The maximum absolute atomic E-state index is 12.6. The van der Waals surface area contributed by atoms with Gasteiger partial charge in [0.2, 0.25) is 0 Å². The highest BCUT2D eigenvalue weighted by Gasteiger charge is 2.17. The molecule has 6 heteroatoms. The molecule has 4 aromatic rings. The van der Waals surface area contributed by atoms with E-state index in [1.807, 2.05) is 53.9 Å². The number of thiophene rings is 1. The highest BCUT2D eigenvalue weighted by atomic mass is 35.5. The second-order valence-electron chi connectivity index (χ2n) is 6.13. The van der Waals surface area contributed by atoms with Crippen LogP contribution in [0.5, 0.6) is 0 Å². The van der Waals surface area contributed by atoms with Crippen molar-refractivity contribution in [2.75, 3.05) is 19.4 Å². The zero-order valence-corrected chi connectivity index (χ0v) is 15.9. The van der Waals surface area contributed by atoms with E-state index in [1.165, 1.54) is 0 Å². The van der Waals surface area contributed by atoms with Gasteiger partial charge in [0.25, 0.3) is 5.91 Å². The number of hydrogen-bond donors (Lipinski definition) is 1. The third kappa shape index (κ3) is 2.79. The average Bonchev–Trinajstić information content (AvgIpc) is 3.13. The first kappa shape index (κ1) is 16.8. The van der Waals surface area contributed by atoms with Crippen LogP contribution in [0.15, 0.2) is 53.9 Å². The normalized spacial score (nSPS) is 11.0. The van der Waals surface area contributed by atoms with E-state index in [9.17, 15) is 4.79 Å². The van der Waals surface area contributed by atoms with Crippen LogP contribution in [-0.2, 0) is 0 Å². The minimum absolute atomic E-state index is 0.0669. The van der Waals surface area contributed by atoms with E-state index < -0.39 is 0 Å². The Hall–Kier alpha value is -2.63. The Morgan fingerprint density at radius 1 is 1.08 bits per heavy atom. The molecule has 4 nitrogen and oxygen atoms in total. The maximum Gasteiger partial charge on any atom is 0.255 e. The van der Waals surface area contributed by atoms with Gasteiger partial charge in [0, 0.05) is 29.6 Å². The summed E-state index contributed by atoms with van der Waals surface area (Å²) in [6, 6.07) is 15.3. The van der Waals surface area contributed by atoms with Crippen LogP contribution < -0.4 is 5.32 Å². The molecule has 2 aromatic heterocycles. The van der Waals surface area contributed by atoms with Crippen molar-refractivity contribution in [3.8, 4) is 0 Å². The van der Waals surface area contributed by atoms with Crippen LogP contribution in [0.1, 0.15) is 10.4 Å². The third-order valence-electron chi connectivity index (χ3n) is 4.19. The quantitative estimate of drug-likeness (QED) is 0.506. The fourth-order valence-electron chi connectivity index (χ4n) is 2.92. The highest BCUT2D eigenvalue weighted by Crippen LogP contribution is 2.36. The van der Waals surface area contributed by atoms with E-state index in [0.717, 1.165) is 21.2 Å². The molecule has 0 atom stereocenters. The number of rotatable bonds is 3. The standard InChI is InChI=1S/C20H16ClN3OS/c1-24(2)20(25)13-7-5-6-12-17(13)23-19(14-10-11-26-18(12)14)22-16-9-4-3-8-15(16)21/h3-11H,1-2H3,(H,22,23).